The zero-order chi connectivity index (χ0) is 12.4. The maximum Gasteiger partial charge on any atom is 0.247 e. The summed E-state index contributed by atoms with van der Waals surface area (Å²) in [5.41, 5.74) is -0.00839. The molecule has 4 heteroatoms. The second-order valence-electron chi connectivity index (χ2n) is 5.72. The second kappa shape index (κ2) is 4.72. The predicted molar refractivity (Wildman–Crippen MR) is 63.9 cm³/mol. The highest BCUT2D eigenvalue weighted by Gasteiger charge is 2.42. The minimum Gasteiger partial charge on any atom is -0.357 e. The van der Waals surface area contributed by atoms with E-state index in [0.29, 0.717) is 0 Å². The third kappa shape index (κ3) is 2.95. The molecular weight excluding hydrogens is 204 g/mol. The summed E-state index contributed by atoms with van der Waals surface area (Å²) in [5, 5.41) is 4.57. The number of rotatable bonds is 3. The Labute approximate surface area is 98.3 Å². The van der Waals surface area contributed by atoms with Crippen LogP contribution in [0, 0.1) is 0 Å². The van der Waals surface area contributed by atoms with Crippen molar-refractivity contribution in [2.24, 2.45) is 0 Å². The highest BCUT2D eigenvalue weighted by Crippen LogP contribution is 2.38. The van der Waals surface area contributed by atoms with Gasteiger partial charge in [-0.25, -0.2) is 0 Å². The van der Waals surface area contributed by atoms with Gasteiger partial charge in [0.1, 0.15) is 6.61 Å². The molecule has 94 valence electrons. The van der Waals surface area contributed by atoms with Crippen LogP contribution in [0.2, 0.25) is 0 Å². The normalized spacial score (nSPS) is 24.1. The Bertz CT molecular complexity index is 246. The van der Waals surface area contributed by atoms with Crippen LogP contribution in [0.4, 0.5) is 0 Å². The van der Waals surface area contributed by atoms with Crippen LogP contribution in [0.15, 0.2) is 0 Å². The summed E-state index contributed by atoms with van der Waals surface area (Å²) in [6.07, 6.45) is 3.41. The van der Waals surface area contributed by atoms with Gasteiger partial charge in [0, 0.05) is 18.1 Å². The molecule has 1 aliphatic rings. The predicted octanol–water partition coefficient (Wildman–Crippen LogP) is 1.71. The molecule has 1 heterocycles. The van der Waals surface area contributed by atoms with E-state index >= 15 is 0 Å². The van der Waals surface area contributed by atoms with Crippen molar-refractivity contribution in [2.75, 3.05) is 13.7 Å². The van der Waals surface area contributed by atoms with E-state index in [-0.39, 0.29) is 23.6 Å². The Morgan fingerprint density at radius 3 is 2.19 bits per heavy atom. The zero-order valence-corrected chi connectivity index (χ0v) is 11.1. The lowest BCUT2D eigenvalue weighted by Crippen LogP contribution is -2.58. The van der Waals surface area contributed by atoms with Gasteiger partial charge in [-0.05, 0) is 47.0 Å². The van der Waals surface area contributed by atoms with E-state index < -0.39 is 0 Å². The molecule has 1 amide bonds. The van der Waals surface area contributed by atoms with Gasteiger partial charge in [0.05, 0.1) is 0 Å². The Kier molecular flexibility index (Phi) is 3.97. The lowest BCUT2D eigenvalue weighted by atomic mass is 9.82. The number of hydrogen-bond acceptors (Lipinski definition) is 3. The molecule has 1 fully saturated rings. The first-order valence-corrected chi connectivity index (χ1v) is 5.93. The Morgan fingerprint density at radius 1 is 1.25 bits per heavy atom. The van der Waals surface area contributed by atoms with Crippen LogP contribution in [0.5, 0.6) is 0 Å². The number of hydrogen-bond donors (Lipinski definition) is 1. The smallest absolute Gasteiger partial charge is 0.247 e. The number of carbonyl (C=O) groups is 1. The first-order valence-electron chi connectivity index (χ1n) is 5.93. The van der Waals surface area contributed by atoms with Crippen LogP contribution in [-0.4, -0.2) is 35.7 Å². The molecule has 0 unspecified atom stereocenters. The third-order valence-electron chi connectivity index (χ3n) is 3.28. The fraction of sp³-hybridized carbons (Fsp3) is 0.917. The van der Waals surface area contributed by atoms with Crippen LogP contribution in [0.25, 0.3) is 0 Å². The largest absolute Gasteiger partial charge is 0.357 e. The van der Waals surface area contributed by atoms with Gasteiger partial charge in [-0.15, -0.1) is 0 Å². The summed E-state index contributed by atoms with van der Waals surface area (Å²) in [7, 11) is 1.62. The first-order chi connectivity index (χ1) is 7.29. The van der Waals surface area contributed by atoms with E-state index in [1.54, 1.807) is 7.05 Å². The molecule has 0 spiro atoms. The van der Waals surface area contributed by atoms with Gasteiger partial charge in [0.15, 0.2) is 0 Å². The second-order valence-corrected chi connectivity index (χ2v) is 5.72. The Hall–Kier alpha value is -0.610. The van der Waals surface area contributed by atoms with Crippen LogP contribution >= 0.6 is 0 Å². The summed E-state index contributed by atoms with van der Waals surface area (Å²) in [4.78, 5) is 16.9. The van der Waals surface area contributed by atoms with Gasteiger partial charge in [-0.2, -0.15) is 5.06 Å². The van der Waals surface area contributed by atoms with Crippen molar-refractivity contribution >= 4 is 5.91 Å². The summed E-state index contributed by atoms with van der Waals surface area (Å²) in [6.45, 7) is 8.76. The Morgan fingerprint density at radius 2 is 1.75 bits per heavy atom. The molecule has 1 N–H and O–H groups in total. The molecule has 0 saturated carbocycles. The molecule has 0 aromatic heterocycles. The molecule has 0 aromatic rings. The van der Waals surface area contributed by atoms with Gasteiger partial charge in [-0.3, -0.25) is 9.63 Å². The topological polar surface area (TPSA) is 41.6 Å². The van der Waals surface area contributed by atoms with Crippen molar-refractivity contribution in [2.45, 2.75) is 58.0 Å². The molecule has 1 aliphatic heterocycles. The lowest BCUT2D eigenvalue weighted by molar-refractivity contribution is -0.276. The summed E-state index contributed by atoms with van der Waals surface area (Å²) >= 11 is 0. The average Bonchev–Trinajstić information content (AvgIpc) is 2.14. The average molecular weight is 228 g/mol. The van der Waals surface area contributed by atoms with Gasteiger partial charge in [0.25, 0.3) is 0 Å². The molecule has 0 bridgehead atoms. The molecule has 1 rings (SSSR count). The minimum atomic E-state index is -0.0860. The molecule has 0 atom stereocenters. The van der Waals surface area contributed by atoms with E-state index in [1.807, 2.05) is 5.06 Å². The van der Waals surface area contributed by atoms with Crippen LogP contribution in [0.3, 0.4) is 0 Å². The zero-order valence-electron chi connectivity index (χ0n) is 11.1. The highest BCUT2D eigenvalue weighted by atomic mass is 16.7. The van der Waals surface area contributed by atoms with E-state index in [4.69, 9.17) is 4.84 Å². The van der Waals surface area contributed by atoms with E-state index in [9.17, 15) is 4.79 Å². The number of likely N-dealkylation sites (N-methyl/N-ethyl adjacent to an activating group) is 1. The van der Waals surface area contributed by atoms with Crippen LogP contribution in [0.1, 0.15) is 47.0 Å². The van der Waals surface area contributed by atoms with Gasteiger partial charge < -0.3 is 5.32 Å². The highest BCUT2D eigenvalue weighted by molar-refractivity contribution is 5.76. The number of amides is 1. The number of piperidine rings is 1. The monoisotopic (exact) mass is 228 g/mol. The molecule has 0 radical (unpaired) electrons. The van der Waals surface area contributed by atoms with E-state index in [1.165, 1.54) is 6.42 Å². The van der Waals surface area contributed by atoms with Gasteiger partial charge in [0.2, 0.25) is 5.91 Å². The molecule has 0 aromatic carbocycles. The Balaban J connectivity index is 2.67. The number of carbonyl (C=O) groups excluding carboxylic acids is 1. The fourth-order valence-electron chi connectivity index (χ4n) is 2.52. The molecule has 0 aliphatic carbocycles. The van der Waals surface area contributed by atoms with Gasteiger partial charge in [-0.1, -0.05) is 0 Å². The number of hydroxylamine groups is 2. The van der Waals surface area contributed by atoms with Crippen LogP contribution in [-0.2, 0) is 9.63 Å². The van der Waals surface area contributed by atoms with Crippen molar-refractivity contribution in [3.63, 3.8) is 0 Å². The number of nitrogens with zero attached hydrogens (tertiary/aromatic N) is 1. The van der Waals surface area contributed by atoms with Crippen molar-refractivity contribution in [3.05, 3.63) is 0 Å². The molecule has 4 nitrogen and oxygen atoms in total. The summed E-state index contributed by atoms with van der Waals surface area (Å²) in [5.74, 6) is -0.0860. The summed E-state index contributed by atoms with van der Waals surface area (Å²) < 4.78 is 0. The SMILES string of the molecule is CNC(=O)CON1C(C)(C)CCCC1(C)C. The fourth-order valence-corrected chi connectivity index (χ4v) is 2.52. The lowest BCUT2D eigenvalue weighted by Gasteiger charge is -2.51. The van der Waals surface area contributed by atoms with Crippen molar-refractivity contribution in [1.82, 2.24) is 10.4 Å². The minimum absolute atomic E-state index is 0.00420. The van der Waals surface area contributed by atoms with E-state index in [2.05, 4.69) is 33.0 Å². The maximum atomic E-state index is 11.2. The summed E-state index contributed by atoms with van der Waals surface area (Å²) in [6, 6.07) is 0. The molecule has 1 saturated heterocycles. The van der Waals surface area contributed by atoms with Gasteiger partial charge >= 0.3 is 0 Å². The standard InChI is InChI=1S/C12H24N2O2/c1-11(2)7-6-8-12(3,4)14(11)16-9-10(15)13-5/h6-9H2,1-5H3,(H,13,15). The van der Waals surface area contributed by atoms with E-state index in [0.717, 1.165) is 12.8 Å². The van der Waals surface area contributed by atoms with Crippen molar-refractivity contribution < 1.29 is 9.63 Å². The maximum absolute atomic E-state index is 11.2. The van der Waals surface area contributed by atoms with Crippen LogP contribution < -0.4 is 5.32 Å². The third-order valence-corrected chi connectivity index (χ3v) is 3.28. The molecular formula is C12H24N2O2. The number of nitrogens with one attached hydrogen (secondary N) is 1. The van der Waals surface area contributed by atoms with Crippen molar-refractivity contribution in [3.8, 4) is 0 Å². The van der Waals surface area contributed by atoms with Crippen molar-refractivity contribution in [1.29, 1.82) is 0 Å². The first kappa shape index (κ1) is 13.5. The quantitative estimate of drug-likeness (QED) is 0.799. The molecule has 16 heavy (non-hydrogen) atoms.